The zero-order valence-corrected chi connectivity index (χ0v) is 11.4. The van der Waals surface area contributed by atoms with Crippen molar-refractivity contribution >= 4 is 11.6 Å². The van der Waals surface area contributed by atoms with Crippen molar-refractivity contribution in [2.75, 3.05) is 25.4 Å². The highest BCUT2D eigenvalue weighted by atomic mass is 19.1. The van der Waals surface area contributed by atoms with Crippen LogP contribution >= 0.6 is 0 Å². The van der Waals surface area contributed by atoms with Gasteiger partial charge in [-0.25, -0.2) is 4.39 Å². The van der Waals surface area contributed by atoms with Crippen LogP contribution in [0, 0.1) is 11.7 Å². The molecule has 1 aliphatic carbocycles. The van der Waals surface area contributed by atoms with Crippen LogP contribution in [0.25, 0.3) is 0 Å². The number of nitrogen functional groups attached to an aromatic ring is 1. The third kappa shape index (κ3) is 3.10. The third-order valence-corrected chi connectivity index (χ3v) is 4.11. The fourth-order valence-corrected chi connectivity index (χ4v) is 2.88. The molecule has 1 heterocycles. The minimum atomic E-state index is -0.476. The number of amides is 1. The second-order valence-corrected chi connectivity index (χ2v) is 5.86. The SMILES string of the molecule is Nc1cc(F)cc(C(=O)NCC2CCN(C3CC3)C2)c1. The Morgan fingerprint density at radius 1 is 1.35 bits per heavy atom. The van der Waals surface area contributed by atoms with E-state index >= 15 is 0 Å². The number of nitrogens with zero attached hydrogens (tertiary/aromatic N) is 1. The van der Waals surface area contributed by atoms with Gasteiger partial charge in [-0.3, -0.25) is 4.79 Å². The van der Waals surface area contributed by atoms with E-state index in [0.717, 1.165) is 25.6 Å². The van der Waals surface area contributed by atoms with Gasteiger partial charge in [0.05, 0.1) is 0 Å². The van der Waals surface area contributed by atoms with E-state index in [1.165, 1.54) is 31.0 Å². The molecule has 0 spiro atoms. The molecule has 0 radical (unpaired) electrons. The van der Waals surface area contributed by atoms with Crippen molar-refractivity contribution in [3.63, 3.8) is 0 Å². The molecule has 1 atom stereocenters. The van der Waals surface area contributed by atoms with E-state index in [1.54, 1.807) is 0 Å². The molecule has 1 aromatic carbocycles. The molecule has 108 valence electrons. The fourth-order valence-electron chi connectivity index (χ4n) is 2.88. The second-order valence-electron chi connectivity index (χ2n) is 5.86. The van der Waals surface area contributed by atoms with E-state index in [1.807, 2.05) is 0 Å². The molecule has 0 bridgehead atoms. The number of anilines is 1. The van der Waals surface area contributed by atoms with Gasteiger partial charge in [0.1, 0.15) is 5.82 Å². The normalized spacial score (nSPS) is 22.9. The summed E-state index contributed by atoms with van der Waals surface area (Å²) in [7, 11) is 0. The molecule has 3 N–H and O–H groups in total. The van der Waals surface area contributed by atoms with Crippen LogP contribution in [0.15, 0.2) is 18.2 Å². The molecular weight excluding hydrogens is 257 g/mol. The first-order valence-electron chi connectivity index (χ1n) is 7.20. The van der Waals surface area contributed by atoms with E-state index in [2.05, 4.69) is 10.2 Å². The quantitative estimate of drug-likeness (QED) is 0.822. The van der Waals surface area contributed by atoms with Crippen LogP contribution in [-0.2, 0) is 0 Å². The van der Waals surface area contributed by atoms with Crippen molar-refractivity contribution < 1.29 is 9.18 Å². The summed E-state index contributed by atoms with van der Waals surface area (Å²) in [5, 5.41) is 2.89. The second kappa shape index (κ2) is 5.40. The Labute approximate surface area is 118 Å². The number of nitrogens with one attached hydrogen (secondary N) is 1. The summed E-state index contributed by atoms with van der Waals surface area (Å²) in [5.74, 6) is -0.220. The Hall–Kier alpha value is -1.62. The van der Waals surface area contributed by atoms with Gasteiger partial charge in [-0.05, 0) is 49.9 Å². The number of hydrogen-bond acceptors (Lipinski definition) is 3. The number of nitrogens with two attached hydrogens (primary N) is 1. The summed E-state index contributed by atoms with van der Waals surface area (Å²) in [6, 6.07) is 4.72. The van der Waals surface area contributed by atoms with Crippen LogP contribution < -0.4 is 11.1 Å². The standard InChI is InChI=1S/C15H20FN3O/c16-12-5-11(6-13(17)7-12)15(20)18-8-10-3-4-19(9-10)14-1-2-14/h5-7,10,14H,1-4,8-9,17H2,(H,18,20). The first kappa shape index (κ1) is 13.4. The molecule has 1 saturated heterocycles. The van der Waals surface area contributed by atoms with Crippen LogP contribution in [0.2, 0.25) is 0 Å². The van der Waals surface area contributed by atoms with Gasteiger partial charge in [-0.1, -0.05) is 0 Å². The van der Waals surface area contributed by atoms with E-state index in [9.17, 15) is 9.18 Å². The van der Waals surface area contributed by atoms with Crippen LogP contribution in [0.1, 0.15) is 29.6 Å². The van der Waals surface area contributed by atoms with E-state index in [0.29, 0.717) is 18.0 Å². The molecule has 2 fully saturated rings. The summed E-state index contributed by atoms with van der Waals surface area (Å²) in [6.45, 7) is 2.85. The molecule has 1 unspecified atom stereocenters. The summed E-state index contributed by atoms with van der Waals surface area (Å²) in [6.07, 6.45) is 3.77. The molecule has 0 aromatic heterocycles. The molecule has 3 rings (SSSR count). The maximum atomic E-state index is 13.2. The smallest absolute Gasteiger partial charge is 0.251 e. The molecule has 4 nitrogen and oxygen atoms in total. The van der Waals surface area contributed by atoms with Gasteiger partial charge in [-0.15, -0.1) is 0 Å². The molecule has 1 amide bonds. The predicted molar refractivity (Wildman–Crippen MR) is 75.8 cm³/mol. The highest BCUT2D eigenvalue weighted by Crippen LogP contribution is 2.31. The van der Waals surface area contributed by atoms with Gasteiger partial charge in [-0.2, -0.15) is 0 Å². The Bertz CT molecular complexity index is 496. The highest BCUT2D eigenvalue weighted by molar-refractivity contribution is 5.95. The van der Waals surface area contributed by atoms with E-state index < -0.39 is 5.82 Å². The first-order valence-corrected chi connectivity index (χ1v) is 7.20. The summed E-state index contributed by atoms with van der Waals surface area (Å²) >= 11 is 0. The summed E-state index contributed by atoms with van der Waals surface area (Å²) in [5.41, 5.74) is 6.11. The number of halogens is 1. The highest BCUT2D eigenvalue weighted by Gasteiger charge is 2.34. The number of rotatable bonds is 4. The van der Waals surface area contributed by atoms with E-state index in [4.69, 9.17) is 5.73 Å². The molecule has 1 aromatic rings. The molecular formula is C15H20FN3O. The number of benzene rings is 1. The van der Waals surface area contributed by atoms with Crippen molar-refractivity contribution in [1.29, 1.82) is 0 Å². The van der Waals surface area contributed by atoms with E-state index in [-0.39, 0.29) is 11.6 Å². The van der Waals surface area contributed by atoms with Crippen molar-refractivity contribution in [3.8, 4) is 0 Å². The van der Waals surface area contributed by atoms with Crippen molar-refractivity contribution in [1.82, 2.24) is 10.2 Å². The van der Waals surface area contributed by atoms with Crippen molar-refractivity contribution in [3.05, 3.63) is 29.6 Å². The maximum Gasteiger partial charge on any atom is 0.251 e. The molecule has 2 aliphatic rings. The van der Waals surface area contributed by atoms with Gasteiger partial charge in [0.25, 0.3) is 5.91 Å². The number of likely N-dealkylation sites (tertiary alicyclic amines) is 1. The summed E-state index contributed by atoms with van der Waals surface area (Å²) in [4.78, 5) is 14.5. The van der Waals surface area contributed by atoms with Gasteiger partial charge < -0.3 is 16.0 Å². The summed E-state index contributed by atoms with van der Waals surface area (Å²) < 4.78 is 13.2. The molecule has 5 heteroatoms. The lowest BCUT2D eigenvalue weighted by Gasteiger charge is -2.15. The first-order chi connectivity index (χ1) is 9.61. The minimum Gasteiger partial charge on any atom is -0.399 e. The Morgan fingerprint density at radius 2 is 2.15 bits per heavy atom. The lowest BCUT2D eigenvalue weighted by Crippen LogP contribution is -2.31. The Morgan fingerprint density at radius 3 is 2.85 bits per heavy atom. The average Bonchev–Trinajstić information content (AvgIpc) is 3.14. The Kier molecular flexibility index (Phi) is 3.61. The zero-order valence-electron chi connectivity index (χ0n) is 11.4. The Balaban J connectivity index is 1.51. The topological polar surface area (TPSA) is 58.4 Å². The van der Waals surface area contributed by atoms with Crippen LogP contribution in [0.4, 0.5) is 10.1 Å². The van der Waals surface area contributed by atoms with Crippen molar-refractivity contribution in [2.24, 2.45) is 5.92 Å². The lowest BCUT2D eigenvalue weighted by atomic mass is 10.1. The number of hydrogen-bond donors (Lipinski definition) is 2. The monoisotopic (exact) mass is 277 g/mol. The van der Waals surface area contributed by atoms with Gasteiger partial charge in [0.2, 0.25) is 0 Å². The number of carbonyl (C=O) groups is 1. The lowest BCUT2D eigenvalue weighted by molar-refractivity contribution is 0.0947. The molecule has 20 heavy (non-hydrogen) atoms. The number of carbonyl (C=O) groups excluding carboxylic acids is 1. The van der Waals surface area contributed by atoms with Gasteiger partial charge in [0, 0.05) is 30.4 Å². The minimum absolute atomic E-state index is 0.249. The average molecular weight is 277 g/mol. The molecule has 1 saturated carbocycles. The van der Waals surface area contributed by atoms with Crippen molar-refractivity contribution in [2.45, 2.75) is 25.3 Å². The van der Waals surface area contributed by atoms with Crippen LogP contribution in [-0.4, -0.2) is 36.5 Å². The van der Waals surface area contributed by atoms with Gasteiger partial charge >= 0.3 is 0 Å². The van der Waals surface area contributed by atoms with Crippen LogP contribution in [0.5, 0.6) is 0 Å². The fraction of sp³-hybridized carbons (Fsp3) is 0.533. The largest absolute Gasteiger partial charge is 0.399 e. The van der Waals surface area contributed by atoms with Gasteiger partial charge in [0.15, 0.2) is 0 Å². The zero-order chi connectivity index (χ0) is 14.1. The molecule has 1 aliphatic heterocycles. The maximum absolute atomic E-state index is 13.2. The van der Waals surface area contributed by atoms with Crippen LogP contribution in [0.3, 0.4) is 0 Å². The predicted octanol–water partition coefficient (Wildman–Crippen LogP) is 1.62. The third-order valence-electron chi connectivity index (χ3n) is 4.11.